The Labute approximate surface area is 126 Å². The quantitative estimate of drug-likeness (QED) is 0.340. The largest absolute Gasteiger partial charge is 3.00 e. The Balaban J connectivity index is -0.000000101. The van der Waals surface area contributed by atoms with Gasteiger partial charge < -0.3 is 37.2 Å². The molecule has 0 N–H and O–H groups in total. The third kappa shape index (κ3) is 17.2. The molecule has 0 nitrogen and oxygen atoms in total. The van der Waals surface area contributed by atoms with Gasteiger partial charge in [-0.25, -0.2) is 0 Å². The van der Waals surface area contributed by atoms with Gasteiger partial charge in [-0.05, 0) is 0 Å². The molecule has 7 heteroatoms. The minimum atomic E-state index is 0. The van der Waals surface area contributed by atoms with E-state index in [0.717, 1.165) is 0 Å². The number of hydrogen-bond donors (Lipinski definition) is 0. The van der Waals surface area contributed by atoms with Crippen molar-refractivity contribution in [3.05, 3.63) is 0 Å². The molecule has 1 aliphatic heterocycles. The van der Waals surface area contributed by atoms with E-state index in [4.69, 9.17) is 0 Å². The van der Waals surface area contributed by atoms with Crippen molar-refractivity contribution >= 4 is 35.3 Å². The Bertz CT molecular complexity index is 51.6. The zero-order valence-electron chi connectivity index (χ0n) is 6.93. The molecule has 13 heavy (non-hydrogen) atoms. The van der Waals surface area contributed by atoms with Gasteiger partial charge in [-0.2, -0.15) is 35.3 Å². The summed E-state index contributed by atoms with van der Waals surface area (Å²) in [5.41, 5.74) is 0. The molecule has 0 aromatic heterocycles. The Hall–Kier alpha value is 2.57. The van der Waals surface area contributed by atoms with Gasteiger partial charge in [-0.15, -0.1) is 0 Å². The molecule has 0 aliphatic carbocycles. The van der Waals surface area contributed by atoms with Crippen molar-refractivity contribution in [2.45, 2.75) is 0 Å². The van der Waals surface area contributed by atoms with Crippen LogP contribution in [0.3, 0.4) is 0 Å². The zero-order valence-corrected chi connectivity index (χ0v) is 14.0. The van der Waals surface area contributed by atoms with Crippen molar-refractivity contribution in [3.63, 3.8) is 0 Å². The van der Waals surface area contributed by atoms with Crippen LogP contribution in [-0.4, -0.2) is 34.5 Å². The van der Waals surface area contributed by atoms with E-state index < -0.39 is 0 Å². The SMILES string of the molecule is C1CSCCSCCS1.[Cl-].[Cl-].[Cl-].[Ir+3]. The van der Waals surface area contributed by atoms with E-state index in [1.165, 1.54) is 34.5 Å². The minimum absolute atomic E-state index is 0. The van der Waals surface area contributed by atoms with E-state index in [1.807, 2.05) is 0 Å². The molecule has 1 aliphatic rings. The van der Waals surface area contributed by atoms with Crippen LogP contribution in [0.5, 0.6) is 0 Å². The van der Waals surface area contributed by atoms with Gasteiger partial charge in [0, 0.05) is 34.5 Å². The van der Waals surface area contributed by atoms with Crippen LogP contribution < -0.4 is 37.2 Å². The van der Waals surface area contributed by atoms with Crippen LogP contribution in [0.15, 0.2) is 0 Å². The van der Waals surface area contributed by atoms with Crippen molar-refractivity contribution in [3.8, 4) is 0 Å². The van der Waals surface area contributed by atoms with E-state index in [2.05, 4.69) is 35.3 Å². The summed E-state index contributed by atoms with van der Waals surface area (Å²) in [4.78, 5) is 0. The monoisotopic (exact) mass is 478 g/mol. The van der Waals surface area contributed by atoms with Crippen LogP contribution in [0.2, 0.25) is 0 Å². The molecular formula is C6H12Cl3IrS3. The fourth-order valence-corrected chi connectivity index (χ4v) is 4.10. The van der Waals surface area contributed by atoms with Crippen molar-refractivity contribution in [2.75, 3.05) is 34.5 Å². The Morgan fingerprint density at radius 1 is 0.462 bits per heavy atom. The molecule has 1 saturated heterocycles. The van der Waals surface area contributed by atoms with Crippen LogP contribution in [0.25, 0.3) is 0 Å². The predicted octanol–water partition coefficient (Wildman–Crippen LogP) is -6.79. The summed E-state index contributed by atoms with van der Waals surface area (Å²) in [6.07, 6.45) is 0. The molecule has 0 saturated carbocycles. The third-order valence-electron chi connectivity index (χ3n) is 1.12. The Kier molecular flexibility index (Phi) is 38.1. The second-order valence-electron chi connectivity index (χ2n) is 1.84. The summed E-state index contributed by atoms with van der Waals surface area (Å²) in [7, 11) is 0. The van der Waals surface area contributed by atoms with Crippen LogP contribution in [0.1, 0.15) is 0 Å². The molecule has 0 bridgehead atoms. The number of rotatable bonds is 0. The maximum absolute atomic E-state index is 2.10. The molecule has 0 atom stereocenters. The molecule has 0 spiro atoms. The Morgan fingerprint density at radius 3 is 0.769 bits per heavy atom. The number of hydrogen-bond acceptors (Lipinski definition) is 3. The van der Waals surface area contributed by atoms with Crippen molar-refractivity contribution in [1.82, 2.24) is 0 Å². The van der Waals surface area contributed by atoms with E-state index in [1.54, 1.807) is 0 Å². The average Bonchev–Trinajstić information content (AvgIpc) is 2.00. The van der Waals surface area contributed by atoms with Gasteiger partial charge in [0.2, 0.25) is 0 Å². The summed E-state index contributed by atoms with van der Waals surface area (Å²) < 4.78 is 0. The smallest absolute Gasteiger partial charge is 1.00 e. The Morgan fingerprint density at radius 2 is 0.615 bits per heavy atom. The van der Waals surface area contributed by atoms with Crippen LogP contribution >= 0.6 is 35.3 Å². The van der Waals surface area contributed by atoms with Gasteiger partial charge in [0.05, 0.1) is 0 Å². The summed E-state index contributed by atoms with van der Waals surface area (Å²) in [6.45, 7) is 0. The topological polar surface area (TPSA) is 0 Å². The first-order valence-corrected chi connectivity index (χ1v) is 6.70. The number of thioether (sulfide) groups is 3. The van der Waals surface area contributed by atoms with Gasteiger partial charge in [0.1, 0.15) is 0 Å². The fourth-order valence-electron chi connectivity index (χ4n) is 0.660. The minimum Gasteiger partial charge on any atom is -1.00 e. The first-order valence-electron chi connectivity index (χ1n) is 3.23. The average molecular weight is 479 g/mol. The van der Waals surface area contributed by atoms with Gasteiger partial charge in [0.15, 0.2) is 0 Å². The maximum atomic E-state index is 2.10. The van der Waals surface area contributed by atoms with E-state index >= 15 is 0 Å². The molecule has 1 fully saturated rings. The summed E-state index contributed by atoms with van der Waals surface area (Å²) >= 11 is 6.30. The van der Waals surface area contributed by atoms with Crippen molar-refractivity contribution < 1.29 is 57.3 Å². The van der Waals surface area contributed by atoms with Gasteiger partial charge in [0.25, 0.3) is 0 Å². The van der Waals surface area contributed by atoms with Gasteiger partial charge in [-0.1, -0.05) is 0 Å². The first-order chi connectivity index (χ1) is 4.50. The van der Waals surface area contributed by atoms with E-state index in [0.29, 0.717) is 0 Å². The molecule has 84 valence electrons. The molecule has 1 rings (SSSR count). The number of halogens is 3. The molecular weight excluding hydrogens is 467 g/mol. The summed E-state index contributed by atoms with van der Waals surface area (Å²) in [5.74, 6) is 8.20. The predicted molar refractivity (Wildman–Crippen MR) is 52.0 cm³/mol. The third-order valence-corrected chi connectivity index (χ3v) is 4.85. The second kappa shape index (κ2) is 20.0. The molecule has 0 amide bonds. The second-order valence-corrected chi connectivity index (χ2v) is 5.51. The van der Waals surface area contributed by atoms with Crippen LogP contribution in [-0.2, 0) is 20.1 Å². The molecule has 0 aromatic rings. The summed E-state index contributed by atoms with van der Waals surface area (Å²) in [6, 6.07) is 0. The normalized spacial score (nSPS) is 16.6. The van der Waals surface area contributed by atoms with Gasteiger partial charge >= 0.3 is 20.1 Å². The molecule has 0 unspecified atom stereocenters. The maximum Gasteiger partial charge on any atom is 3.00 e. The zero-order chi connectivity index (χ0) is 6.36. The van der Waals surface area contributed by atoms with Crippen LogP contribution in [0.4, 0.5) is 0 Å². The molecule has 0 radical (unpaired) electrons. The van der Waals surface area contributed by atoms with Crippen LogP contribution in [0, 0.1) is 0 Å². The van der Waals surface area contributed by atoms with E-state index in [9.17, 15) is 0 Å². The van der Waals surface area contributed by atoms with E-state index in [-0.39, 0.29) is 57.3 Å². The van der Waals surface area contributed by atoms with Gasteiger partial charge in [-0.3, -0.25) is 0 Å². The van der Waals surface area contributed by atoms with Crippen molar-refractivity contribution in [2.24, 2.45) is 0 Å². The standard InChI is InChI=1S/C6H12S3.3ClH.Ir/c1-2-8-5-6-9-4-3-7-1;;;;/h1-6H2;3*1H;/q;;;;+3/p-3. The molecule has 0 aromatic carbocycles. The molecule has 1 heterocycles. The first kappa shape index (κ1) is 24.7. The van der Waals surface area contributed by atoms with Crippen molar-refractivity contribution in [1.29, 1.82) is 0 Å². The fraction of sp³-hybridized carbons (Fsp3) is 1.00. The summed E-state index contributed by atoms with van der Waals surface area (Å²) in [5, 5.41) is 0.